The maximum Gasteiger partial charge on any atom is 0.349 e. The van der Waals surface area contributed by atoms with Gasteiger partial charge in [-0.25, -0.2) is 9.59 Å². The minimum Gasteiger partial charge on any atom is -0.423 e. The van der Waals surface area contributed by atoms with Crippen molar-refractivity contribution >= 4 is 34.6 Å². The summed E-state index contributed by atoms with van der Waals surface area (Å²) >= 11 is 0. The van der Waals surface area contributed by atoms with E-state index >= 15 is 0 Å². The molecule has 10 nitrogen and oxygen atoms in total. The van der Waals surface area contributed by atoms with Gasteiger partial charge in [0.05, 0.1) is 11.0 Å². The van der Waals surface area contributed by atoms with E-state index in [9.17, 15) is 24.5 Å². The molecule has 1 atom stereocenters. The minimum absolute atomic E-state index is 0.0558. The monoisotopic (exact) mass is 464 g/mol. The number of nitro groups is 1. The number of esters is 1. The molecule has 0 bridgehead atoms. The lowest BCUT2D eigenvalue weighted by Gasteiger charge is -2.10. The van der Waals surface area contributed by atoms with Gasteiger partial charge >= 0.3 is 11.6 Å². The fraction of sp³-hybridized carbons (Fsp3) is 0.208. The van der Waals surface area contributed by atoms with Gasteiger partial charge in [0.25, 0.3) is 11.6 Å². The van der Waals surface area contributed by atoms with Crippen molar-refractivity contribution < 1.29 is 28.4 Å². The van der Waals surface area contributed by atoms with Gasteiger partial charge in [-0.15, -0.1) is 0 Å². The number of carbonyl (C=O) groups is 2. The molecule has 10 heteroatoms. The second kappa shape index (κ2) is 10.1. The molecule has 0 saturated carbocycles. The van der Waals surface area contributed by atoms with E-state index in [1.54, 1.807) is 12.1 Å². The number of hydrogen-bond acceptors (Lipinski definition) is 8. The standard InChI is InChI=1S/C24H20N2O8/c27-22(9-6-15-3-1-4-17(11-15)26(30)31)33-18-8-7-16-12-20(24(29)34-21(16)13-18)23(28)25-14-19-5-2-10-32-19/h1,3-4,6-9,11-13,19H,2,5,10,14H2,(H,25,28)/b9-6+. The highest BCUT2D eigenvalue weighted by atomic mass is 16.6. The van der Waals surface area contributed by atoms with Crippen molar-refractivity contribution in [2.75, 3.05) is 13.2 Å². The summed E-state index contributed by atoms with van der Waals surface area (Å²) in [6.45, 7) is 0.977. The molecule has 1 aliphatic rings. The second-order valence-electron chi connectivity index (χ2n) is 7.60. The van der Waals surface area contributed by atoms with Crippen molar-refractivity contribution in [1.82, 2.24) is 5.32 Å². The van der Waals surface area contributed by atoms with Crippen molar-refractivity contribution in [3.8, 4) is 5.75 Å². The lowest BCUT2D eigenvalue weighted by atomic mass is 10.1. The van der Waals surface area contributed by atoms with Gasteiger partial charge in [0, 0.05) is 42.8 Å². The van der Waals surface area contributed by atoms with Crippen molar-refractivity contribution in [3.05, 3.63) is 86.3 Å². The number of non-ortho nitro benzene ring substituents is 1. The van der Waals surface area contributed by atoms with Crippen LogP contribution in [0, 0.1) is 10.1 Å². The van der Waals surface area contributed by atoms with Crippen LogP contribution in [0.15, 0.2) is 63.8 Å². The van der Waals surface area contributed by atoms with Crippen LogP contribution in [0.1, 0.15) is 28.8 Å². The van der Waals surface area contributed by atoms with Crippen LogP contribution < -0.4 is 15.7 Å². The predicted molar refractivity (Wildman–Crippen MR) is 122 cm³/mol. The van der Waals surface area contributed by atoms with Crippen molar-refractivity contribution in [2.24, 2.45) is 0 Å². The molecule has 0 radical (unpaired) electrons. The Labute approximate surface area is 192 Å². The van der Waals surface area contributed by atoms with Crippen LogP contribution in [-0.4, -0.2) is 36.1 Å². The van der Waals surface area contributed by atoms with Crippen LogP contribution in [0.3, 0.4) is 0 Å². The summed E-state index contributed by atoms with van der Waals surface area (Å²) < 4.78 is 15.9. The molecule has 2 aromatic carbocycles. The predicted octanol–water partition coefficient (Wildman–Crippen LogP) is 3.23. The SMILES string of the molecule is O=C(/C=C/c1cccc([N+](=O)[O-])c1)Oc1ccc2cc(C(=O)NCC3CCCO3)c(=O)oc2c1. The maximum absolute atomic E-state index is 12.4. The number of rotatable bonds is 7. The summed E-state index contributed by atoms with van der Waals surface area (Å²) in [4.78, 5) is 47.1. The van der Waals surface area contributed by atoms with Crippen molar-refractivity contribution in [1.29, 1.82) is 0 Å². The number of nitro benzene ring substituents is 1. The van der Waals surface area contributed by atoms with Crippen LogP contribution in [0.5, 0.6) is 5.75 Å². The van der Waals surface area contributed by atoms with E-state index in [0.29, 0.717) is 24.1 Å². The Morgan fingerprint density at radius 2 is 2.06 bits per heavy atom. The Hall–Kier alpha value is -4.31. The molecule has 1 amide bonds. The van der Waals surface area contributed by atoms with Gasteiger partial charge in [-0.1, -0.05) is 12.1 Å². The Kier molecular flexibility index (Phi) is 6.79. The van der Waals surface area contributed by atoms with E-state index in [-0.39, 0.29) is 28.7 Å². The molecule has 1 unspecified atom stereocenters. The van der Waals surface area contributed by atoms with E-state index in [4.69, 9.17) is 13.9 Å². The first-order valence-corrected chi connectivity index (χ1v) is 10.5. The second-order valence-corrected chi connectivity index (χ2v) is 7.60. The zero-order chi connectivity index (χ0) is 24.1. The summed E-state index contributed by atoms with van der Waals surface area (Å²) in [5.41, 5.74) is -0.434. The third-order valence-electron chi connectivity index (χ3n) is 5.18. The Bertz CT molecular complexity index is 1340. The first-order chi connectivity index (χ1) is 16.4. The average molecular weight is 464 g/mol. The number of hydrogen-bond donors (Lipinski definition) is 1. The van der Waals surface area contributed by atoms with Crippen LogP contribution in [0.4, 0.5) is 5.69 Å². The Morgan fingerprint density at radius 3 is 2.82 bits per heavy atom. The topological polar surface area (TPSA) is 138 Å². The van der Waals surface area contributed by atoms with Crippen molar-refractivity contribution in [2.45, 2.75) is 18.9 Å². The summed E-state index contributed by atoms with van der Waals surface area (Å²) in [5.74, 6) is -1.15. The molecule has 1 fully saturated rings. The molecule has 1 aromatic heterocycles. The van der Waals surface area contributed by atoms with Gasteiger partial charge in [0.15, 0.2) is 0 Å². The third kappa shape index (κ3) is 5.54. The lowest BCUT2D eigenvalue weighted by molar-refractivity contribution is -0.384. The molecule has 3 aromatic rings. The lowest BCUT2D eigenvalue weighted by Crippen LogP contribution is -2.34. The molecular formula is C24H20N2O8. The maximum atomic E-state index is 12.4. The molecule has 34 heavy (non-hydrogen) atoms. The number of nitrogens with zero attached hydrogens (tertiary/aromatic N) is 1. The smallest absolute Gasteiger partial charge is 0.349 e. The summed E-state index contributed by atoms with van der Waals surface area (Å²) in [7, 11) is 0. The van der Waals surface area contributed by atoms with E-state index in [1.807, 2.05) is 0 Å². The van der Waals surface area contributed by atoms with E-state index in [0.717, 1.165) is 18.9 Å². The Balaban J connectivity index is 1.43. The number of carbonyl (C=O) groups excluding carboxylic acids is 2. The van der Waals surface area contributed by atoms with Gasteiger partial charge in [0.2, 0.25) is 0 Å². The number of benzene rings is 2. The zero-order valence-corrected chi connectivity index (χ0v) is 17.9. The first-order valence-electron chi connectivity index (χ1n) is 10.5. The number of ether oxygens (including phenoxy) is 2. The normalized spacial score (nSPS) is 15.5. The fourth-order valence-corrected chi connectivity index (χ4v) is 3.48. The summed E-state index contributed by atoms with van der Waals surface area (Å²) in [6.07, 6.45) is 4.25. The molecular weight excluding hydrogens is 444 g/mol. The van der Waals surface area contributed by atoms with Crippen molar-refractivity contribution in [3.63, 3.8) is 0 Å². The average Bonchev–Trinajstić information content (AvgIpc) is 3.34. The Morgan fingerprint density at radius 1 is 1.21 bits per heavy atom. The molecule has 1 N–H and O–H groups in total. The third-order valence-corrected chi connectivity index (χ3v) is 5.18. The summed E-state index contributed by atoms with van der Waals surface area (Å²) in [6, 6.07) is 11.6. The molecule has 1 saturated heterocycles. The molecule has 0 spiro atoms. The van der Waals surface area contributed by atoms with E-state index < -0.39 is 22.4 Å². The number of fused-ring (bicyclic) bond motifs is 1. The highest BCUT2D eigenvalue weighted by molar-refractivity contribution is 5.97. The molecule has 1 aliphatic heterocycles. The summed E-state index contributed by atoms with van der Waals surface area (Å²) in [5, 5.41) is 14.0. The number of amides is 1. The molecule has 174 valence electrons. The highest BCUT2D eigenvalue weighted by Gasteiger charge is 2.19. The van der Waals surface area contributed by atoms with Crippen LogP contribution in [0.2, 0.25) is 0 Å². The van der Waals surface area contributed by atoms with E-state index in [1.165, 1.54) is 42.5 Å². The van der Waals surface area contributed by atoms with Gasteiger partial charge < -0.3 is 19.2 Å². The first kappa shape index (κ1) is 22.9. The van der Waals surface area contributed by atoms with Gasteiger partial charge in [-0.2, -0.15) is 0 Å². The van der Waals surface area contributed by atoms with Crippen LogP contribution >= 0.6 is 0 Å². The minimum atomic E-state index is -0.814. The van der Waals surface area contributed by atoms with Gasteiger partial charge in [-0.3, -0.25) is 14.9 Å². The zero-order valence-electron chi connectivity index (χ0n) is 17.9. The van der Waals surface area contributed by atoms with Gasteiger partial charge in [-0.05, 0) is 42.7 Å². The molecule has 4 rings (SSSR count). The molecule has 2 heterocycles. The quantitative estimate of drug-likeness (QED) is 0.140. The van der Waals surface area contributed by atoms with Crippen LogP contribution in [-0.2, 0) is 9.53 Å². The van der Waals surface area contributed by atoms with Crippen LogP contribution in [0.25, 0.3) is 17.0 Å². The molecule has 0 aliphatic carbocycles. The number of nitrogens with one attached hydrogen (secondary N) is 1. The van der Waals surface area contributed by atoms with E-state index in [2.05, 4.69) is 5.32 Å². The largest absolute Gasteiger partial charge is 0.423 e. The highest BCUT2D eigenvalue weighted by Crippen LogP contribution is 2.21. The van der Waals surface area contributed by atoms with Gasteiger partial charge in [0.1, 0.15) is 16.9 Å². The fourth-order valence-electron chi connectivity index (χ4n) is 3.48.